The summed E-state index contributed by atoms with van der Waals surface area (Å²) in [5.41, 5.74) is 2.34. The van der Waals surface area contributed by atoms with Gasteiger partial charge in [0, 0.05) is 18.1 Å². The summed E-state index contributed by atoms with van der Waals surface area (Å²) in [6.45, 7) is 1.80. The molecule has 0 fully saturated rings. The zero-order chi connectivity index (χ0) is 18.6. The van der Waals surface area contributed by atoms with Crippen molar-refractivity contribution < 1.29 is 14.6 Å². The van der Waals surface area contributed by atoms with E-state index >= 15 is 0 Å². The monoisotopic (exact) mass is 373 g/mol. The Balaban J connectivity index is 1.63. The molecule has 0 aliphatic heterocycles. The maximum absolute atomic E-state index is 10.4. The van der Waals surface area contributed by atoms with Crippen molar-refractivity contribution in [1.29, 1.82) is 0 Å². The van der Waals surface area contributed by atoms with Crippen molar-refractivity contribution in [3.8, 4) is 5.75 Å². The summed E-state index contributed by atoms with van der Waals surface area (Å²) in [5.74, 6) is 0.0723. The Kier molecular flexibility index (Phi) is 8.73. The molecule has 26 heavy (non-hydrogen) atoms. The van der Waals surface area contributed by atoms with E-state index in [2.05, 4.69) is 5.32 Å². The molecule has 0 aliphatic rings. The van der Waals surface area contributed by atoms with E-state index in [1.54, 1.807) is 0 Å². The van der Waals surface area contributed by atoms with Crippen LogP contribution in [0, 0.1) is 0 Å². The van der Waals surface area contributed by atoms with Gasteiger partial charge in [0.1, 0.15) is 5.75 Å². The summed E-state index contributed by atoms with van der Waals surface area (Å²) >= 11 is 5.88. The number of benzene rings is 2. The molecule has 4 nitrogen and oxygen atoms in total. The van der Waals surface area contributed by atoms with Crippen LogP contribution in [0.2, 0.25) is 5.02 Å². The first-order valence-electron chi connectivity index (χ1n) is 8.70. The standard InChI is InChI=1S/C21H24ClNO3/c22-19-9-5-18(6-10-19)4-2-16-26-20-11-7-17(8-12-20)3-1-14-23-15-13-21(24)25/h1,3,5-12,23H,2,4,13-16H2,(H,24,25)/b3-1+. The highest BCUT2D eigenvalue weighted by molar-refractivity contribution is 6.30. The maximum atomic E-state index is 10.4. The van der Waals surface area contributed by atoms with Crippen molar-refractivity contribution in [1.82, 2.24) is 5.32 Å². The van der Waals surface area contributed by atoms with Crippen LogP contribution in [0.4, 0.5) is 0 Å². The Hall–Kier alpha value is -2.30. The van der Waals surface area contributed by atoms with Gasteiger partial charge in [-0.3, -0.25) is 4.79 Å². The van der Waals surface area contributed by atoms with Crippen molar-refractivity contribution in [3.05, 3.63) is 70.8 Å². The first-order chi connectivity index (χ1) is 12.6. The van der Waals surface area contributed by atoms with Gasteiger partial charge in [0.15, 0.2) is 0 Å². The van der Waals surface area contributed by atoms with Crippen LogP contribution in [-0.4, -0.2) is 30.8 Å². The molecule has 0 heterocycles. The van der Waals surface area contributed by atoms with E-state index in [9.17, 15) is 4.79 Å². The summed E-state index contributed by atoms with van der Waals surface area (Å²) in [7, 11) is 0. The minimum Gasteiger partial charge on any atom is -0.494 e. The van der Waals surface area contributed by atoms with Gasteiger partial charge in [0.05, 0.1) is 13.0 Å². The van der Waals surface area contributed by atoms with Crippen LogP contribution >= 0.6 is 11.6 Å². The lowest BCUT2D eigenvalue weighted by atomic mass is 10.1. The van der Waals surface area contributed by atoms with E-state index < -0.39 is 5.97 Å². The van der Waals surface area contributed by atoms with E-state index in [4.69, 9.17) is 21.4 Å². The molecule has 0 amide bonds. The highest BCUT2D eigenvalue weighted by Crippen LogP contribution is 2.14. The minimum atomic E-state index is -0.787. The fourth-order valence-corrected chi connectivity index (χ4v) is 2.49. The lowest BCUT2D eigenvalue weighted by Gasteiger charge is -2.07. The molecule has 0 spiro atoms. The Bertz CT molecular complexity index is 696. The third-order valence-corrected chi connectivity index (χ3v) is 4.01. The number of aryl methyl sites for hydroxylation is 1. The molecule has 0 bridgehead atoms. The molecule has 0 atom stereocenters. The zero-order valence-corrected chi connectivity index (χ0v) is 15.4. The molecular formula is C21H24ClNO3. The number of aliphatic carboxylic acids is 1. The second kappa shape index (κ2) is 11.3. The minimum absolute atomic E-state index is 0.137. The van der Waals surface area contributed by atoms with Crippen molar-refractivity contribution in [2.75, 3.05) is 19.7 Å². The lowest BCUT2D eigenvalue weighted by molar-refractivity contribution is -0.136. The van der Waals surface area contributed by atoms with E-state index in [-0.39, 0.29) is 6.42 Å². The Labute approximate surface area is 159 Å². The van der Waals surface area contributed by atoms with Gasteiger partial charge in [-0.25, -0.2) is 0 Å². The summed E-state index contributed by atoms with van der Waals surface area (Å²) < 4.78 is 5.77. The Morgan fingerprint density at radius 2 is 1.85 bits per heavy atom. The number of carbonyl (C=O) groups is 1. The number of rotatable bonds is 11. The van der Waals surface area contributed by atoms with Gasteiger partial charge in [-0.2, -0.15) is 0 Å². The molecular weight excluding hydrogens is 350 g/mol. The summed E-state index contributed by atoms with van der Waals surface area (Å²) in [6, 6.07) is 15.8. The average Bonchev–Trinajstić information content (AvgIpc) is 2.64. The molecule has 2 N–H and O–H groups in total. The van der Waals surface area contributed by atoms with E-state index in [0.29, 0.717) is 19.7 Å². The maximum Gasteiger partial charge on any atom is 0.304 e. The van der Waals surface area contributed by atoms with Gasteiger partial charge in [-0.05, 0) is 48.2 Å². The smallest absolute Gasteiger partial charge is 0.304 e. The van der Waals surface area contributed by atoms with Crippen molar-refractivity contribution in [2.45, 2.75) is 19.3 Å². The van der Waals surface area contributed by atoms with Crippen molar-refractivity contribution in [3.63, 3.8) is 0 Å². The third kappa shape index (κ3) is 8.19. The molecule has 0 radical (unpaired) electrons. The third-order valence-electron chi connectivity index (χ3n) is 3.76. The molecule has 0 aromatic heterocycles. The number of carboxylic acids is 1. The van der Waals surface area contributed by atoms with Crippen molar-refractivity contribution in [2.24, 2.45) is 0 Å². The normalized spacial score (nSPS) is 11.0. The number of nitrogens with one attached hydrogen (secondary N) is 1. The molecule has 138 valence electrons. The number of carboxylic acid groups (broad SMARTS) is 1. The average molecular weight is 374 g/mol. The quantitative estimate of drug-likeness (QED) is 0.572. The first kappa shape index (κ1) is 20.0. The van der Waals surface area contributed by atoms with Crippen LogP contribution in [0.25, 0.3) is 6.08 Å². The second-order valence-corrected chi connectivity index (χ2v) is 6.33. The molecule has 2 rings (SSSR count). The summed E-state index contributed by atoms with van der Waals surface area (Å²) in [4.78, 5) is 10.4. The van der Waals surface area contributed by atoms with Gasteiger partial charge in [-0.15, -0.1) is 0 Å². The Morgan fingerprint density at radius 3 is 2.54 bits per heavy atom. The van der Waals surface area contributed by atoms with Gasteiger partial charge >= 0.3 is 5.97 Å². The van der Waals surface area contributed by atoms with Crippen LogP contribution in [0.15, 0.2) is 54.6 Å². The number of hydrogen-bond donors (Lipinski definition) is 2. The van der Waals surface area contributed by atoms with Gasteiger partial charge in [-0.1, -0.05) is 48.0 Å². The SMILES string of the molecule is O=C(O)CCNC/C=C/c1ccc(OCCCc2ccc(Cl)cc2)cc1. The van der Waals surface area contributed by atoms with E-state index in [1.807, 2.05) is 60.7 Å². The largest absolute Gasteiger partial charge is 0.494 e. The lowest BCUT2D eigenvalue weighted by Crippen LogP contribution is -2.17. The fourth-order valence-electron chi connectivity index (χ4n) is 2.37. The van der Waals surface area contributed by atoms with Gasteiger partial charge in [0.2, 0.25) is 0 Å². The molecule has 5 heteroatoms. The molecule has 0 aliphatic carbocycles. The van der Waals surface area contributed by atoms with Crippen LogP contribution in [0.5, 0.6) is 5.75 Å². The number of ether oxygens (including phenoxy) is 1. The van der Waals surface area contributed by atoms with Crippen LogP contribution in [0.1, 0.15) is 24.0 Å². The fraction of sp³-hybridized carbons (Fsp3) is 0.286. The zero-order valence-electron chi connectivity index (χ0n) is 14.7. The van der Waals surface area contributed by atoms with Gasteiger partial charge < -0.3 is 15.2 Å². The molecule has 2 aromatic rings. The predicted molar refractivity (Wildman–Crippen MR) is 106 cm³/mol. The number of hydrogen-bond acceptors (Lipinski definition) is 3. The van der Waals surface area contributed by atoms with Gasteiger partial charge in [0.25, 0.3) is 0 Å². The van der Waals surface area contributed by atoms with Crippen molar-refractivity contribution >= 4 is 23.6 Å². The molecule has 0 saturated heterocycles. The van der Waals surface area contributed by atoms with E-state index in [0.717, 1.165) is 29.2 Å². The molecule has 0 saturated carbocycles. The van der Waals surface area contributed by atoms with Crippen LogP contribution in [-0.2, 0) is 11.2 Å². The number of halogens is 1. The van der Waals surface area contributed by atoms with Crippen LogP contribution < -0.4 is 10.1 Å². The van der Waals surface area contributed by atoms with E-state index in [1.165, 1.54) is 5.56 Å². The highest BCUT2D eigenvalue weighted by atomic mass is 35.5. The summed E-state index contributed by atoms with van der Waals surface area (Å²) in [6.07, 6.45) is 6.03. The molecule has 2 aromatic carbocycles. The topological polar surface area (TPSA) is 58.6 Å². The van der Waals surface area contributed by atoms with Crippen LogP contribution in [0.3, 0.4) is 0 Å². The first-order valence-corrected chi connectivity index (χ1v) is 9.07. The molecule has 0 unspecified atom stereocenters. The Morgan fingerprint density at radius 1 is 1.12 bits per heavy atom. The summed E-state index contributed by atoms with van der Waals surface area (Å²) in [5, 5.41) is 12.4. The second-order valence-electron chi connectivity index (χ2n) is 5.90. The highest BCUT2D eigenvalue weighted by Gasteiger charge is 1.97. The predicted octanol–water partition coefficient (Wildman–Crippen LogP) is 4.43.